The van der Waals surface area contributed by atoms with Gasteiger partial charge in [0.25, 0.3) is 0 Å². The highest BCUT2D eigenvalue weighted by Crippen LogP contribution is 2.33. The number of rotatable bonds is 2. The fraction of sp³-hybridized carbons (Fsp3) is 0.200. The van der Waals surface area contributed by atoms with Crippen LogP contribution in [0, 0.1) is 5.92 Å². The molecule has 3 nitrogen and oxygen atoms in total. The van der Waals surface area contributed by atoms with Crippen molar-refractivity contribution < 1.29 is 4.79 Å². The van der Waals surface area contributed by atoms with Crippen LogP contribution in [0.4, 0.5) is 5.82 Å². The lowest BCUT2D eigenvalue weighted by Gasteiger charge is -2.17. The third-order valence-corrected chi connectivity index (χ3v) is 4.10. The smallest absolute Gasteiger partial charge is 0.228 e. The lowest BCUT2D eigenvalue weighted by molar-refractivity contribution is -0.117. The van der Waals surface area contributed by atoms with Gasteiger partial charge < -0.3 is 0 Å². The van der Waals surface area contributed by atoms with Crippen LogP contribution in [0.25, 0.3) is 10.8 Å². The van der Waals surface area contributed by atoms with E-state index in [4.69, 9.17) is 0 Å². The highest BCUT2D eigenvalue weighted by atomic mass is 79.9. The summed E-state index contributed by atoms with van der Waals surface area (Å²) in [6.07, 6.45) is 4.13. The minimum absolute atomic E-state index is 0.116. The number of anilines is 1. The van der Waals surface area contributed by atoms with Crippen LogP contribution in [0.15, 0.2) is 47.6 Å². The molecule has 1 aliphatic heterocycles. The van der Waals surface area contributed by atoms with E-state index in [-0.39, 0.29) is 11.8 Å². The Morgan fingerprint density at radius 1 is 1.37 bits per heavy atom. The van der Waals surface area contributed by atoms with Crippen LogP contribution >= 0.6 is 15.9 Å². The molecule has 1 saturated heterocycles. The number of hydrogen-bond donors (Lipinski definition) is 0. The second-order valence-electron chi connectivity index (χ2n) is 4.68. The lowest BCUT2D eigenvalue weighted by atomic mass is 10.1. The van der Waals surface area contributed by atoms with Crippen molar-refractivity contribution >= 4 is 38.4 Å². The van der Waals surface area contributed by atoms with Crippen molar-refractivity contribution in [3.05, 3.63) is 47.6 Å². The molecule has 96 valence electrons. The highest BCUT2D eigenvalue weighted by Gasteiger charge is 2.30. The van der Waals surface area contributed by atoms with E-state index in [0.717, 1.165) is 21.1 Å². The number of carbonyl (C=O) groups excluding carboxylic acids is 1. The van der Waals surface area contributed by atoms with Crippen LogP contribution < -0.4 is 4.90 Å². The molecule has 1 aromatic carbocycles. The topological polar surface area (TPSA) is 33.2 Å². The molecule has 0 aliphatic carbocycles. The van der Waals surface area contributed by atoms with E-state index in [1.165, 1.54) is 0 Å². The molecule has 1 aliphatic rings. The molecule has 4 heteroatoms. The average molecular weight is 317 g/mol. The molecule has 1 atom stereocenters. The molecule has 1 fully saturated rings. The van der Waals surface area contributed by atoms with Crippen LogP contribution in [0.5, 0.6) is 0 Å². The summed E-state index contributed by atoms with van der Waals surface area (Å²) in [7, 11) is 0. The van der Waals surface area contributed by atoms with Crippen molar-refractivity contribution in [2.45, 2.75) is 6.42 Å². The number of pyridine rings is 1. The molecule has 0 spiro atoms. The van der Waals surface area contributed by atoms with E-state index in [2.05, 4.69) is 27.5 Å². The number of hydrogen-bond acceptors (Lipinski definition) is 2. The van der Waals surface area contributed by atoms with Gasteiger partial charge in [0, 0.05) is 40.3 Å². The molecular weight excluding hydrogens is 304 g/mol. The van der Waals surface area contributed by atoms with Gasteiger partial charge in [-0.2, -0.15) is 0 Å². The van der Waals surface area contributed by atoms with Crippen LogP contribution in [-0.2, 0) is 4.79 Å². The van der Waals surface area contributed by atoms with Crippen molar-refractivity contribution in [3.63, 3.8) is 0 Å². The van der Waals surface area contributed by atoms with Gasteiger partial charge in [-0.3, -0.25) is 9.69 Å². The number of fused-ring (bicyclic) bond motifs is 1. The quantitative estimate of drug-likeness (QED) is 0.794. The molecule has 3 rings (SSSR count). The van der Waals surface area contributed by atoms with Gasteiger partial charge in [0.15, 0.2) is 0 Å². The van der Waals surface area contributed by atoms with Crippen molar-refractivity contribution in [3.8, 4) is 0 Å². The van der Waals surface area contributed by atoms with Gasteiger partial charge in [-0.25, -0.2) is 4.98 Å². The molecule has 0 saturated carbocycles. The third kappa shape index (κ3) is 2.06. The standard InChI is InChI=1S/C15H13BrN2O/c1-2-10-7-14(19)18(9-10)15-12-6-4-3-5-11(12)13(16)8-17-15/h2-6,8,10H,1,7,9H2. The first-order valence-electron chi connectivity index (χ1n) is 6.17. The Labute approximate surface area is 120 Å². The molecule has 2 aromatic rings. The summed E-state index contributed by atoms with van der Waals surface area (Å²) in [6, 6.07) is 7.97. The number of amides is 1. The average Bonchev–Trinajstić information content (AvgIpc) is 2.81. The van der Waals surface area contributed by atoms with Crippen LogP contribution in [0.1, 0.15) is 6.42 Å². The first kappa shape index (κ1) is 12.4. The van der Waals surface area contributed by atoms with Crippen molar-refractivity contribution in [2.24, 2.45) is 5.92 Å². The molecular formula is C15H13BrN2O. The third-order valence-electron chi connectivity index (χ3n) is 3.47. The Balaban J connectivity index is 2.14. The summed E-state index contributed by atoms with van der Waals surface area (Å²) in [5, 5.41) is 2.07. The maximum atomic E-state index is 12.1. The molecule has 1 aromatic heterocycles. The molecule has 19 heavy (non-hydrogen) atoms. The summed E-state index contributed by atoms with van der Waals surface area (Å²) in [5.41, 5.74) is 0. The predicted molar refractivity (Wildman–Crippen MR) is 80.1 cm³/mol. The predicted octanol–water partition coefficient (Wildman–Crippen LogP) is 3.54. The summed E-state index contributed by atoms with van der Waals surface area (Å²) >= 11 is 3.50. The highest BCUT2D eigenvalue weighted by molar-refractivity contribution is 9.10. The van der Waals surface area contributed by atoms with Crippen LogP contribution in [-0.4, -0.2) is 17.4 Å². The van der Waals surface area contributed by atoms with Crippen LogP contribution in [0.3, 0.4) is 0 Å². The monoisotopic (exact) mass is 316 g/mol. The number of nitrogens with zero attached hydrogens (tertiary/aromatic N) is 2. The maximum Gasteiger partial charge on any atom is 0.228 e. The maximum absolute atomic E-state index is 12.1. The van der Waals surface area contributed by atoms with E-state index in [1.807, 2.05) is 30.3 Å². The largest absolute Gasteiger partial charge is 0.296 e. The van der Waals surface area contributed by atoms with Gasteiger partial charge in [0.05, 0.1) is 0 Å². The van der Waals surface area contributed by atoms with Gasteiger partial charge in [0.1, 0.15) is 5.82 Å². The summed E-state index contributed by atoms with van der Waals surface area (Å²) < 4.78 is 0.943. The van der Waals surface area contributed by atoms with Crippen LogP contribution in [0.2, 0.25) is 0 Å². The first-order chi connectivity index (χ1) is 9.20. The molecule has 0 N–H and O–H groups in total. The fourth-order valence-electron chi connectivity index (χ4n) is 2.46. The van der Waals surface area contributed by atoms with Gasteiger partial charge in [-0.05, 0) is 15.9 Å². The Hall–Kier alpha value is -1.68. The number of carbonyl (C=O) groups is 1. The molecule has 0 radical (unpaired) electrons. The Morgan fingerprint density at radius 2 is 2.11 bits per heavy atom. The van der Waals surface area contributed by atoms with E-state index >= 15 is 0 Å². The Bertz CT molecular complexity index is 668. The minimum atomic E-state index is 0.116. The molecule has 0 bridgehead atoms. The molecule has 1 unspecified atom stereocenters. The van der Waals surface area contributed by atoms with Gasteiger partial charge in [0.2, 0.25) is 5.91 Å². The molecule has 2 heterocycles. The summed E-state index contributed by atoms with van der Waals surface area (Å²) in [4.78, 5) is 18.3. The van der Waals surface area contributed by atoms with E-state index in [1.54, 1.807) is 11.1 Å². The van der Waals surface area contributed by atoms with Crippen molar-refractivity contribution in [1.29, 1.82) is 0 Å². The Kier molecular flexibility index (Phi) is 3.11. The zero-order chi connectivity index (χ0) is 13.4. The fourth-order valence-corrected chi connectivity index (χ4v) is 2.90. The zero-order valence-electron chi connectivity index (χ0n) is 10.3. The minimum Gasteiger partial charge on any atom is -0.296 e. The lowest BCUT2D eigenvalue weighted by Crippen LogP contribution is -2.25. The number of halogens is 1. The van der Waals surface area contributed by atoms with E-state index in [0.29, 0.717) is 13.0 Å². The molecule has 1 amide bonds. The van der Waals surface area contributed by atoms with E-state index in [9.17, 15) is 4.79 Å². The zero-order valence-corrected chi connectivity index (χ0v) is 11.9. The summed E-state index contributed by atoms with van der Waals surface area (Å²) in [5.74, 6) is 1.08. The van der Waals surface area contributed by atoms with Crippen molar-refractivity contribution in [2.75, 3.05) is 11.4 Å². The van der Waals surface area contributed by atoms with Gasteiger partial charge in [-0.15, -0.1) is 6.58 Å². The first-order valence-corrected chi connectivity index (χ1v) is 6.96. The van der Waals surface area contributed by atoms with Gasteiger partial charge in [-0.1, -0.05) is 30.3 Å². The number of aromatic nitrogens is 1. The summed E-state index contributed by atoms with van der Waals surface area (Å²) in [6.45, 7) is 4.44. The second-order valence-corrected chi connectivity index (χ2v) is 5.53. The van der Waals surface area contributed by atoms with Gasteiger partial charge >= 0.3 is 0 Å². The van der Waals surface area contributed by atoms with Crippen molar-refractivity contribution in [1.82, 2.24) is 4.98 Å². The normalized spacial score (nSPS) is 19.1. The van der Waals surface area contributed by atoms with E-state index < -0.39 is 0 Å². The SMILES string of the molecule is C=CC1CC(=O)N(c2ncc(Br)c3ccccc23)C1. The number of benzene rings is 1. The Morgan fingerprint density at radius 3 is 2.79 bits per heavy atom. The second kappa shape index (κ2) is 4.78.